The van der Waals surface area contributed by atoms with E-state index in [2.05, 4.69) is 18.7 Å². The topological polar surface area (TPSA) is 62.2 Å². The van der Waals surface area contributed by atoms with E-state index in [9.17, 15) is 9.90 Å². The van der Waals surface area contributed by atoms with Crippen LogP contribution in [0.3, 0.4) is 0 Å². The Morgan fingerprint density at radius 3 is 2.45 bits per heavy atom. The van der Waals surface area contributed by atoms with Gasteiger partial charge >= 0.3 is 6.09 Å². The SMILES string of the molecule is COc1ccc(N2CCN(C(=O)O)C(C(C)C)C2)cc1OC. The Morgan fingerprint density at radius 1 is 1.23 bits per heavy atom. The molecular weight excluding hydrogens is 284 g/mol. The van der Waals surface area contributed by atoms with Crippen molar-refractivity contribution in [1.29, 1.82) is 0 Å². The Hall–Kier alpha value is -2.11. The Morgan fingerprint density at radius 2 is 1.91 bits per heavy atom. The lowest BCUT2D eigenvalue weighted by molar-refractivity contribution is 0.103. The fourth-order valence-electron chi connectivity index (χ4n) is 2.87. The van der Waals surface area contributed by atoms with Crippen molar-refractivity contribution in [3.63, 3.8) is 0 Å². The molecule has 22 heavy (non-hydrogen) atoms. The molecule has 122 valence electrons. The minimum atomic E-state index is -0.842. The number of anilines is 1. The summed E-state index contributed by atoms with van der Waals surface area (Å²) in [6.07, 6.45) is -0.842. The third kappa shape index (κ3) is 3.21. The summed E-state index contributed by atoms with van der Waals surface area (Å²) in [6.45, 7) is 5.97. The molecule has 2 rings (SSSR count). The van der Waals surface area contributed by atoms with Gasteiger partial charge in [-0.05, 0) is 18.1 Å². The van der Waals surface area contributed by atoms with Gasteiger partial charge in [0.2, 0.25) is 0 Å². The van der Waals surface area contributed by atoms with Gasteiger partial charge in [-0.1, -0.05) is 13.8 Å². The predicted molar refractivity (Wildman–Crippen MR) is 85.1 cm³/mol. The average Bonchev–Trinajstić information content (AvgIpc) is 2.53. The summed E-state index contributed by atoms with van der Waals surface area (Å²) in [4.78, 5) is 15.1. The van der Waals surface area contributed by atoms with Crippen molar-refractivity contribution in [2.24, 2.45) is 5.92 Å². The molecule has 1 heterocycles. The van der Waals surface area contributed by atoms with Crippen molar-refractivity contribution < 1.29 is 19.4 Å². The summed E-state index contributed by atoms with van der Waals surface area (Å²) < 4.78 is 10.6. The number of hydrogen-bond acceptors (Lipinski definition) is 4. The number of methoxy groups -OCH3 is 2. The summed E-state index contributed by atoms with van der Waals surface area (Å²) in [5.74, 6) is 1.64. The summed E-state index contributed by atoms with van der Waals surface area (Å²) in [6, 6.07) is 5.78. The highest BCUT2D eigenvalue weighted by Gasteiger charge is 2.32. The highest BCUT2D eigenvalue weighted by Crippen LogP contribution is 2.32. The van der Waals surface area contributed by atoms with Crippen LogP contribution in [0.1, 0.15) is 13.8 Å². The molecule has 1 N–H and O–H groups in total. The number of ether oxygens (including phenoxy) is 2. The first-order valence-electron chi connectivity index (χ1n) is 7.44. The molecular formula is C16H24N2O4. The van der Waals surface area contributed by atoms with Gasteiger partial charge in [0.1, 0.15) is 0 Å². The first-order chi connectivity index (χ1) is 10.5. The smallest absolute Gasteiger partial charge is 0.407 e. The average molecular weight is 308 g/mol. The molecule has 1 saturated heterocycles. The molecule has 1 unspecified atom stereocenters. The molecule has 1 atom stereocenters. The zero-order chi connectivity index (χ0) is 16.3. The molecule has 1 amide bonds. The van der Waals surface area contributed by atoms with Gasteiger partial charge in [0.25, 0.3) is 0 Å². The maximum atomic E-state index is 11.4. The number of piperazine rings is 1. The first-order valence-corrected chi connectivity index (χ1v) is 7.44. The second kappa shape index (κ2) is 6.77. The second-order valence-electron chi connectivity index (χ2n) is 5.77. The lowest BCUT2D eigenvalue weighted by Crippen LogP contribution is -2.57. The quantitative estimate of drug-likeness (QED) is 0.926. The fourth-order valence-corrected chi connectivity index (χ4v) is 2.87. The molecule has 6 nitrogen and oxygen atoms in total. The van der Waals surface area contributed by atoms with Crippen molar-refractivity contribution in [2.75, 3.05) is 38.8 Å². The molecule has 0 radical (unpaired) electrons. The van der Waals surface area contributed by atoms with E-state index in [-0.39, 0.29) is 12.0 Å². The molecule has 0 aliphatic carbocycles. The number of carbonyl (C=O) groups is 1. The summed E-state index contributed by atoms with van der Waals surface area (Å²) in [5.41, 5.74) is 1.02. The maximum Gasteiger partial charge on any atom is 0.407 e. The van der Waals surface area contributed by atoms with Crippen molar-refractivity contribution >= 4 is 11.8 Å². The zero-order valence-electron chi connectivity index (χ0n) is 13.6. The van der Waals surface area contributed by atoms with E-state index in [0.717, 1.165) is 5.69 Å². The van der Waals surface area contributed by atoms with Gasteiger partial charge in [-0.2, -0.15) is 0 Å². The molecule has 0 aromatic heterocycles. The van der Waals surface area contributed by atoms with Gasteiger partial charge in [-0.25, -0.2) is 4.79 Å². The van der Waals surface area contributed by atoms with Crippen LogP contribution in [0.25, 0.3) is 0 Å². The number of amides is 1. The van der Waals surface area contributed by atoms with E-state index in [1.165, 1.54) is 0 Å². The van der Waals surface area contributed by atoms with Crippen LogP contribution < -0.4 is 14.4 Å². The monoisotopic (exact) mass is 308 g/mol. The van der Waals surface area contributed by atoms with E-state index in [0.29, 0.717) is 31.1 Å². The van der Waals surface area contributed by atoms with Crippen LogP contribution in [-0.4, -0.2) is 56.0 Å². The number of nitrogens with zero attached hydrogens (tertiary/aromatic N) is 2. The molecule has 1 aromatic carbocycles. The minimum Gasteiger partial charge on any atom is -0.493 e. The van der Waals surface area contributed by atoms with Crippen molar-refractivity contribution in [1.82, 2.24) is 4.90 Å². The Labute approximate surface area is 131 Å². The van der Waals surface area contributed by atoms with Crippen LogP contribution >= 0.6 is 0 Å². The van der Waals surface area contributed by atoms with Gasteiger partial charge in [0.05, 0.1) is 20.3 Å². The van der Waals surface area contributed by atoms with Crippen LogP contribution in [-0.2, 0) is 0 Å². The summed E-state index contributed by atoms with van der Waals surface area (Å²) in [7, 11) is 3.22. The van der Waals surface area contributed by atoms with Crippen LogP contribution in [0.2, 0.25) is 0 Å². The zero-order valence-corrected chi connectivity index (χ0v) is 13.6. The Bertz CT molecular complexity index is 533. The highest BCUT2D eigenvalue weighted by molar-refractivity contribution is 5.66. The number of rotatable bonds is 4. The van der Waals surface area contributed by atoms with Crippen LogP contribution in [0.4, 0.5) is 10.5 Å². The van der Waals surface area contributed by atoms with Crippen LogP contribution in [0.15, 0.2) is 18.2 Å². The van der Waals surface area contributed by atoms with Gasteiger partial charge < -0.3 is 24.4 Å². The lowest BCUT2D eigenvalue weighted by Gasteiger charge is -2.43. The van der Waals surface area contributed by atoms with E-state index in [1.807, 2.05) is 18.2 Å². The molecule has 0 bridgehead atoms. The predicted octanol–water partition coefficient (Wildman–Crippen LogP) is 2.53. The van der Waals surface area contributed by atoms with Crippen LogP contribution in [0, 0.1) is 5.92 Å². The Kier molecular flexibility index (Phi) is 5.00. The van der Waals surface area contributed by atoms with Gasteiger partial charge in [0.15, 0.2) is 11.5 Å². The van der Waals surface area contributed by atoms with E-state index < -0.39 is 6.09 Å². The largest absolute Gasteiger partial charge is 0.493 e. The van der Waals surface area contributed by atoms with Crippen molar-refractivity contribution in [2.45, 2.75) is 19.9 Å². The number of hydrogen-bond donors (Lipinski definition) is 1. The standard InChI is InChI=1S/C16H24N2O4/c1-11(2)13-10-17(7-8-18(13)16(19)20)12-5-6-14(21-3)15(9-12)22-4/h5-6,9,11,13H,7-8,10H2,1-4H3,(H,19,20). The highest BCUT2D eigenvalue weighted by atomic mass is 16.5. The molecule has 1 aliphatic rings. The molecule has 1 aliphatic heterocycles. The molecule has 6 heteroatoms. The third-order valence-corrected chi connectivity index (χ3v) is 4.17. The van der Waals surface area contributed by atoms with Crippen LogP contribution in [0.5, 0.6) is 11.5 Å². The molecule has 1 fully saturated rings. The molecule has 1 aromatic rings. The van der Waals surface area contributed by atoms with Gasteiger partial charge in [-0.3, -0.25) is 0 Å². The van der Waals surface area contributed by atoms with Gasteiger partial charge in [-0.15, -0.1) is 0 Å². The minimum absolute atomic E-state index is 0.0145. The Balaban J connectivity index is 2.22. The van der Waals surface area contributed by atoms with E-state index in [1.54, 1.807) is 19.1 Å². The fraction of sp³-hybridized carbons (Fsp3) is 0.562. The van der Waals surface area contributed by atoms with Crippen molar-refractivity contribution in [3.05, 3.63) is 18.2 Å². The van der Waals surface area contributed by atoms with E-state index in [4.69, 9.17) is 9.47 Å². The summed E-state index contributed by atoms with van der Waals surface area (Å²) in [5, 5.41) is 9.34. The second-order valence-corrected chi connectivity index (χ2v) is 5.77. The van der Waals surface area contributed by atoms with E-state index >= 15 is 0 Å². The molecule has 0 saturated carbocycles. The third-order valence-electron chi connectivity index (χ3n) is 4.17. The summed E-state index contributed by atoms with van der Waals surface area (Å²) >= 11 is 0. The lowest BCUT2D eigenvalue weighted by atomic mass is 9.99. The normalized spacial score (nSPS) is 18.5. The number of carboxylic acid groups (broad SMARTS) is 1. The number of benzene rings is 1. The molecule has 0 spiro atoms. The van der Waals surface area contributed by atoms with Gasteiger partial charge in [0, 0.05) is 31.4 Å². The first kappa shape index (κ1) is 16.3. The van der Waals surface area contributed by atoms with Crippen molar-refractivity contribution in [3.8, 4) is 11.5 Å². The maximum absolute atomic E-state index is 11.4.